The van der Waals surface area contributed by atoms with Crippen molar-refractivity contribution in [2.45, 2.75) is 56.5 Å². The molecule has 2 atom stereocenters. The van der Waals surface area contributed by atoms with Crippen LogP contribution in [0.3, 0.4) is 0 Å². The molecule has 1 heterocycles. The molecule has 1 fully saturated rings. The Labute approximate surface area is 117 Å². The van der Waals surface area contributed by atoms with E-state index in [4.69, 9.17) is 9.26 Å². The van der Waals surface area contributed by atoms with Crippen molar-refractivity contribution < 1.29 is 14.1 Å². The van der Waals surface area contributed by atoms with Crippen LogP contribution in [0, 0.1) is 0 Å². The Bertz CT molecular complexity index is 431. The molecule has 0 spiro atoms. The summed E-state index contributed by atoms with van der Waals surface area (Å²) < 4.78 is 10.2. The zero-order chi connectivity index (χ0) is 13.8. The number of ether oxygens (including phenoxy) is 1. The van der Waals surface area contributed by atoms with E-state index in [9.17, 15) is 4.79 Å². The molecule has 19 heavy (non-hydrogen) atoms. The highest BCUT2D eigenvalue weighted by atomic mass is 32.2. The number of aromatic nitrogens is 2. The van der Waals surface area contributed by atoms with Crippen LogP contribution in [0.25, 0.3) is 0 Å². The van der Waals surface area contributed by atoms with Crippen molar-refractivity contribution in [3.63, 3.8) is 0 Å². The van der Waals surface area contributed by atoms with E-state index in [0.717, 1.165) is 5.82 Å². The largest absolute Gasteiger partial charge is 0.466 e. The van der Waals surface area contributed by atoms with Gasteiger partial charge in [-0.1, -0.05) is 12.1 Å². The summed E-state index contributed by atoms with van der Waals surface area (Å²) in [4.78, 5) is 15.8. The molecule has 0 aliphatic heterocycles. The molecule has 5 nitrogen and oxygen atoms in total. The number of carbonyl (C=O) groups is 1. The SMILES string of the molecule is CCOC(=O)C[C@H](C)S[C@H](C)c1nc(C2CC2)no1. The topological polar surface area (TPSA) is 65.2 Å². The number of hydrogen-bond donors (Lipinski definition) is 0. The average molecular weight is 284 g/mol. The van der Waals surface area contributed by atoms with Crippen molar-refractivity contribution in [3.05, 3.63) is 11.7 Å². The highest BCUT2D eigenvalue weighted by Crippen LogP contribution is 2.39. The average Bonchev–Trinajstić information content (AvgIpc) is 3.06. The first-order valence-electron chi connectivity index (χ1n) is 6.74. The van der Waals surface area contributed by atoms with Gasteiger partial charge in [-0.3, -0.25) is 4.79 Å². The van der Waals surface area contributed by atoms with Gasteiger partial charge in [-0.05, 0) is 26.7 Å². The Hall–Kier alpha value is -1.04. The number of nitrogens with zero attached hydrogens (tertiary/aromatic N) is 2. The Morgan fingerprint density at radius 1 is 1.53 bits per heavy atom. The molecule has 1 aromatic heterocycles. The molecule has 0 radical (unpaired) electrons. The van der Waals surface area contributed by atoms with Gasteiger partial charge in [0.05, 0.1) is 18.3 Å². The van der Waals surface area contributed by atoms with Gasteiger partial charge in [0.25, 0.3) is 0 Å². The molecule has 0 saturated heterocycles. The van der Waals surface area contributed by atoms with Crippen molar-refractivity contribution in [1.82, 2.24) is 10.1 Å². The second kappa shape index (κ2) is 6.41. The van der Waals surface area contributed by atoms with E-state index in [1.807, 2.05) is 20.8 Å². The summed E-state index contributed by atoms with van der Waals surface area (Å²) in [6.45, 7) is 6.28. The number of thioether (sulfide) groups is 1. The Balaban J connectivity index is 1.81. The first-order chi connectivity index (χ1) is 9.10. The molecule has 1 aliphatic rings. The lowest BCUT2D eigenvalue weighted by molar-refractivity contribution is -0.142. The lowest BCUT2D eigenvalue weighted by Crippen LogP contribution is -2.11. The molecule has 1 aromatic rings. The van der Waals surface area contributed by atoms with Crippen LogP contribution in [-0.4, -0.2) is 28.0 Å². The van der Waals surface area contributed by atoms with E-state index in [-0.39, 0.29) is 16.5 Å². The number of carbonyl (C=O) groups excluding carboxylic acids is 1. The van der Waals surface area contributed by atoms with Gasteiger partial charge in [0.1, 0.15) is 0 Å². The van der Waals surface area contributed by atoms with Crippen LogP contribution in [0.1, 0.15) is 62.9 Å². The minimum Gasteiger partial charge on any atom is -0.466 e. The Morgan fingerprint density at radius 3 is 2.89 bits per heavy atom. The molecule has 0 unspecified atom stereocenters. The second-order valence-corrected chi connectivity index (χ2v) is 6.65. The minimum absolute atomic E-state index is 0.101. The van der Waals surface area contributed by atoms with Gasteiger partial charge in [-0.25, -0.2) is 0 Å². The van der Waals surface area contributed by atoms with Crippen LogP contribution in [-0.2, 0) is 9.53 Å². The molecule has 0 bridgehead atoms. The molecule has 1 aliphatic carbocycles. The van der Waals surface area contributed by atoms with Crippen LogP contribution in [0.5, 0.6) is 0 Å². The molecular formula is C13H20N2O3S. The maximum absolute atomic E-state index is 11.4. The van der Waals surface area contributed by atoms with Crippen molar-refractivity contribution in [1.29, 1.82) is 0 Å². The Morgan fingerprint density at radius 2 is 2.26 bits per heavy atom. The van der Waals surface area contributed by atoms with Crippen LogP contribution in [0.2, 0.25) is 0 Å². The summed E-state index contributed by atoms with van der Waals surface area (Å²) in [7, 11) is 0. The lowest BCUT2D eigenvalue weighted by Gasteiger charge is -2.13. The monoisotopic (exact) mass is 284 g/mol. The van der Waals surface area contributed by atoms with Gasteiger partial charge in [-0.2, -0.15) is 4.98 Å². The van der Waals surface area contributed by atoms with Gasteiger partial charge >= 0.3 is 5.97 Å². The van der Waals surface area contributed by atoms with E-state index in [1.54, 1.807) is 11.8 Å². The number of rotatable bonds is 7. The fraction of sp³-hybridized carbons (Fsp3) is 0.769. The smallest absolute Gasteiger partial charge is 0.306 e. The standard InChI is InChI=1S/C13H20N2O3S/c1-4-17-11(16)7-8(2)19-9(3)13-14-12(15-18-13)10-5-6-10/h8-10H,4-7H2,1-3H3/t8-,9+/m0/s1. The fourth-order valence-electron chi connectivity index (χ4n) is 1.83. The van der Waals surface area contributed by atoms with E-state index >= 15 is 0 Å². The van der Waals surface area contributed by atoms with Gasteiger partial charge in [-0.15, -0.1) is 11.8 Å². The third-order valence-corrected chi connectivity index (χ3v) is 4.18. The second-order valence-electron chi connectivity index (χ2n) is 4.86. The van der Waals surface area contributed by atoms with Crippen molar-refractivity contribution >= 4 is 17.7 Å². The maximum atomic E-state index is 11.4. The van der Waals surface area contributed by atoms with Crippen molar-refractivity contribution in [2.24, 2.45) is 0 Å². The van der Waals surface area contributed by atoms with Crippen LogP contribution >= 0.6 is 11.8 Å². The molecule has 0 aromatic carbocycles. The van der Waals surface area contributed by atoms with Gasteiger partial charge in [0.15, 0.2) is 5.82 Å². The fourth-order valence-corrected chi connectivity index (χ4v) is 2.97. The summed E-state index contributed by atoms with van der Waals surface area (Å²) >= 11 is 1.66. The van der Waals surface area contributed by atoms with Crippen molar-refractivity contribution in [2.75, 3.05) is 6.61 Å². The molecule has 6 heteroatoms. The van der Waals surface area contributed by atoms with Crippen LogP contribution in [0.4, 0.5) is 0 Å². The minimum atomic E-state index is -0.154. The third kappa shape index (κ3) is 4.23. The highest BCUT2D eigenvalue weighted by Gasteiger charge is 2.30. The maximum Gasteiger partial charge on any atom is 0.306 e. The number of hydrogen-bond acceptors (Lipinski definition) is 6. The zero-order valence-electron chi connectivity index (χ0n) is 11.6. The predicted octanol–water partition coefficient (Wildman–Crippen LogP) is 3.08. The number of esters is 1. The predicted molar refractivity (Wildman–Crippen MR) is 73.0 cm³/mol. The lowest BCUT2D eigenvalue weighted by atomic mass is 10.3. The van der Waals surface area contributed by atoms with E-state index in [2.05, 4.69) is 10.1 Å². The molecule has 2 rings (SSSR count). The molecule has 0 amide bonds. The Kier molecular flexibility index (Phi) is 4.85. The van der Waals surface area contributed by atoms with E-state index in [1.165, 1.54) is 12.8 Å². The zero-order valence-corrected chi connectivity index (χ0v) is 12.4. The summed E-state index contributed by atoms with van der Waals surface area (Å²) in [5, 5.41) is 4.28. The van der Waals surface area contributed by atoms with Crippen LogP contribution < -0.4 is 0 Å². The molecular weight excluding hydrogens is 264 g/mol. The summed E-state index contributed by atoms with van der Waals surface area (Å²) in [6.07, 6.45) is 2.74. The van der Waals surface area contributed by atoms with E-state index < -0.39 is 0 Å². The van der Waals surface area contributed by atoms with Gasteiger partial charge < -0.3 is 9.26 Å². The van der Waals surface area contributed by atoms with Crippen molar-refractivity contribution in [3.8, 4) is 0 Å². The van der Waals surface area contributed by atoms with Gasteiger partial charge in [0.2, 0.25) is 5.89 Å². The van der Waals surface area contributed by atoms with E-state index in [0.29, 0.717) is 24.8 Å². The summed E-state index contributed by atoms with van der Waals surface area (Å²) in [5.74, 6) is 1.84. The first kappa shape index (κ1) is 14.4. The summed E-state index contributed by atoms with van der Waals surface area (Å²) in [5.41, 5.74) is 0. The molecule has 106 valence electrons. The first-order valence-corrected chi connectivity index (χ1v) is 7.69. The third-order valence-electron chi connectivity index (χ3n) is 2.94. The quantitative estimate of drug-likeness (QED) is 0.717. The normalized spacial score (nSPS) is 18.1. The van der Waals surface area contributed by atoms with Crippen LogP contribution in [0.15, 0.2) is 4.52 Å². The highest BCUT2D eigenvalue weighted by molar-refractivity contribution is 8.00. The molecule has 0 N–H and O–H groups in total. The van der Waals surface area contributed by atoms with Gasteiger partial charge in [0, 0.05) is 11.2 Å². The summed E-state index contributed by atoms with van der Waals surface area (Å²) in [6, 6.07) is 0. The molecule has 1 saturated carbocycles.